The summed E-state index contributed by atoms with van der Waals surface area (Å²) in [7, 11) is 0. The molecule has 0 spiro atoms. The predicted molar refractivity (Wildman–Crippen MR) is 66.9 cm³/mol. The third-order valence-electron chi connectivity index (χ3n) is 3.29. The second kappa shape index (κ2) is 5.69. The van der Waals surface area contributed by atoms with Gasteiger partial charge in [-0.1, -0.05) is 20.8 Å². The van der Waals surface area contributed by atoms with Crippen molar-refractivity contribution in [3.63, 3.8) is 0 Å². The Bertz CT molecular complexity index is 321. The molecule has 0 bridgehead atoms. The maximum absolute atomic E-state index is 11.7. The highest BCUT2D eigenvalue weighted by molar-refractivity contribution is 5.86. The first-order valence-corrected chi connectivity index (χ1v) is 6.39. The highest BCUT2D eigenvalue weighted by Crippen LogP contribution is 2.34. The number of amides is 1. The van der Waals surface area contributed by atoms with Crippen LogP contribution in [0.25, 0.3) is 0 Å². The van der Waals surface area contributed by atoms with Crippen molar-refractivity contribution in [1.82, 2.24) is 5.32 Å². The SMILES string of the molecule is CC(C)(C)CC(O)CNC(=O)C1CCC1C(=O)O. The fourth-order valence-electron chi connectivity index (χ4n) is 2.24. The molecule has 0 aliphatic heterocycles. The van der Waals surface area contributed by atoms with Crippen LogP contribution >= 0.6 is 0 Å². The van der Waals surface area contributed by atoms with Gasteiger partial charge in [0, 0.05) is 6.54 Å². The Labute approximate surface area is 108 Å². The van der Waals surface area contributed by atoms with Crippen molar-refractivity contribution in [2.75, 3.05) is 6.54 Å². The van der Waals surface area contributed by atoms with Gasteiger partial charge in [0.05, 0.1) is 17.9 Å². The maximum atomic E-state index is 11.7. The number of carbonyl (C=O) groups is 2. The molecule has 104 valence electrons. The molecule has 1 rings (SSSR count). The van der Waals surface area contributed by atoms with Crippen LogP contribution < -0.4 is 5.32 Å². The number of hydrogen-bond acceptors (Lipinski definition) is 3. The molecular weight excluding hydrogens is 234 g/mol. The van der Waals surface area contributed by atoms with E-state index in [2.05, 4.69) is 5.32 Å². The first-order chi connectivity index (χ1) is 8.20. The van der Waals surface area contributed by atoms with Crippen LogP contribution in [0.4, 0.5) is 0 Å². The highest BCUT2D eigenvalue weighted by Gasteiger charge is 2.41. The van der Waals surface area contributed by atoms with Crippen molar-refractivity contribution in [1.29, 1.82) is 0 Å². The Morgan fingerprint density at radius 3 is 2.22 bits per heavy atom. The molecule has 1 aliphatic carbocycles. The van der Waals surface area contributed by atoms with E-state index in [1.165, 1.54) is 0 Å². The zero-order valence-electron chi connectivity index (χ0n) is 11.3. The molecule has 0 aromatic carbocycles. The molecule has 0 heterocycles. The van der Waals surface area contributed by atoms with Gasteiger partial charge in [-0.25, -0.2) is 0 Å². The fourth-order valence-corrected chi connectivity index (χ4v) is 2.24. The van der Waals surface area contributed by atoms with Crippen LogP contribution in [-0.2, 0) is 9.59 Å². The lowest BCUT2D eigenvalue weighted by atomic mass is 9.73. The van der Waals surface area contributed by atoms with Gasteiger partial charge in [-0.3, -0.25) is 9.59 Å². The van der Waals surface area contributed by atoms with Crippen molar-refractivity contribution < 1.29 is 19.8 Å². The van der Waals surface area contributed by atoms with Gasteiger partial charge in [0.2, 0.25) is 5.91 Å². The molecule has 0 radical (unpaired) electrons. The molecule has 0 aromatic heterocycles. The Morgan fingerprint density at radius 2 is 1.83 bits per heavy atom. The minimum atomic E-state index is -0.906. The van der Waals surface area contributed by atoms with Gasteiger partial charge in [-0.05, 0) is 24.7 Å². The lowest BCUT2D eigenvalue weighted by Crippen LogP contribution is -2.46. The summed E-state index contributed by atoms with van der Waals surface area (Å²) < 4.78 is 0. The molecule has 3 N–H and O–H groups in total. The summed E-state index contributed by atoms with van der Waals surface area (Å²) in [5.41, 5.74) is 0.00418. The molecule has 1 saturated carbocycles. The Balaban J connectivity index is 2.31. The van der Waals surface area contributed by atoms with Gasteiger partial charge in [-0.15, -0.1) is 0 Å². The standard InChI is InChI=1S/C13H23NO4/c1-13(2,3)6-8(15)7-14-11(16)9-4-5-10(9)12(17)18/h8-10,15H,4-7H2,1-3H3,(H,14,16)(H,17,18). The average molecular weight is 257 g/mol. The second-order valence-corrected chi connectivity index (χ2v) is 6.29. The number of aliphatic carboxylic acids is 1. The first-order valence-electron chi connectivity index (χ1n) is 6.39. The zero-order chi connectivity index (χ0) is 13.9. The minimum absolute atomic E-state index is 0.00418. The van der Waals surface area contributed by atoms with Gasteiger partial charge in [0.25, 0.3) is 0 Å². The van der Waals surface area contributed by atoms with E-state index in [1.54, 1.807) is 0 Å². The highest BCUT2D eigenvalue weighted by atomic mass is 16.4. The fraction of sp³-hybridized carbons (Fsp3) is 0.846. The van der Waals surface area contributed by atoms with Crippen LogP contribution in [-0.4, -0.2) is 34.7 Å². The van der Waals surface area contributed by atoms with E-state index in [0.717, 1.165) is 0 Å². The summed E-state index contributed by atoms with van der Waals surface area (Å²) in [4.78, 5) is 22.5. The predicted octanol–water partition coefficient (Wildman–Crippen LogP) is 1.01. The quantitative estimate of drug-likeness (QED) is 0.686. The third kappa shape index (κ3) is 4.29. The van der Waals surface area contributed by atoms with E-state index < -0.39 is 23.9 Å². The van der Waals surface area contributed by atoms with Crippen molar-refractivity contribution in [3.8, 4) is 0 Å². The number of carboxylic acid groups (broad SMARTS) is 1. The van der Waals surface area contributed by atoms with Gasteiger partial charge in [-0.2, -0.15) is 0 Å². The van der Waals surface area contributed by atoms with Crippen molar-refractivity contribution in [3.05, 3.63) is 0 Å². The zero-order valence-corrected chi connectivity index (χ0v) is 11.3. The summed E-state index contributed by atoms with van der Waals surface area (Å²) in [6, 6.07) is 0. The van der Waals surface area contributed by atoms with E-state index in [1.807, 2.05) is 20.8 Å². The number of carboxylic acids is 1. The first kappa shape index (κ1) is 15.0. The largest absolute Gasteiger partial charge is 0.481 e. The number of carbonyl (C=O) groups excluding carboxylic acids is 1. The molecule has 1 amide bonds. The minimum Gasteiger partial charge on any atom is -0.481 e. The number of nitrogens with one attached hydrogen (secondary N) is 1. The van der Waals surface area contributed by atoms with E-state index in [9.17, 15) is 14.7 Å². The van der Waals surface area contributed by atoms with Gasteiger partial charge in [0.15, 0.2) is 0 Å². The number of hydrogen-bond donors (Lipinski definition) is 3. The lowest BCUT2D eigenvalue weighted by Gasteiger charge is -2.32. The van der Waals surface area contributed by atoms with Crippen molar-refractivity contribution in [2.24, 2.45) is 17.3 Å². The summed E-state index contributed by atoms with van der Waals surface area (Å²) in [6.45, 7) is 6.25. The van der Waals surface area contributed by atoms with Crippen LogP contribution in [0.5, 0.6) is 0 Å². The topological polar surface area (TPSA) is 86.6 Å². The molecule has 5 heteroatoms. The van der Waals surface area contributed by atoms with Crippen LogP contribution in [0.15, 0.2) is 0 Å². The average Bonchev–Trinajstić information content (AvgIpc) is 2.08. The van der Waals surface area contributed by atoms with E-state index in [-0.39, 0.29) is 17.9 Å². The van der Waals surface area contributed by atoms with Crippen LogP contribution in [0.3, 0.4) is 0 Å². The Hall–Kier alpha value is -1.10. The molecule has 0 aromatic rings. The van der Waals surface area contributed by atoms with E-state index in [0.29, 0.717) is 19.3 Å². The Kier molecular flexibility index (Phi) is 4.73. The lowest BCUT2D eigenvalue weighted by molar-refractivity contribution is -0.152. The molecule has 3 unspecified atom stereocenters. The van der Waals surface area contributed by atoms with Crippen molar-refractivity contribution in [2.45, 2.75) is 46.1 Å². The van der Waals surface area contributed by atoms with Gasteiger partial charge < -0.3 is 15.5 Å². The van der Waals surface area contributed by atoms with E-state index >= 15 is 0 Å². The number of aliphatic hydroxyl groups excluding tert-OH is 1. The summed E-state index contributed by atoms with van der Waals surface area (Å²) >= 11 is 0. The maximum Gasteiger partial charge on any atom is 0.307 e. The molecule has 1 fully saturated rings. The van der Waals surface area contributed by atoms with Crippen LogP contribution in [0, 0.1) is 17.3 Å². The molecule has 0 saturated heterocycles. The monoisotopic (exact) mass is 257 g/mol. The summed E-state index contributed by atoms with van der Waals surface area (Å²) in [5, 5.41) is 21.2. The van der Waals surface area contributed by atoms with Gasteiger partial charge in [0.1, 0.15) is 0 Å². The second-order valence-electron chi connectivity index (χ2n) is 6.29. The normalized spacial score (nSPS) is 25.1. The van der Waals surface area contributed by atoms with Crippen LogP contribution in [0.2, 0.25) is 0 Å². The Morgan fingerprint density at radius 1 is 1.28 bits per heavy atom. The van der Waals surface area contributed by atoms with Crippen molar-refractivity contribution >= 4 is 11.9 Å². The third-order valence-corrected chi connectivity index (χ3v) is 3.29. The summed E-state index contributed by atoms with van der Waals surface area (Å²) in [6.07, 6.45) is 1.20. The molecule has 1 aliphatic rings. The summed E-state index contributed by atoms with van der Waals surface area (Å²) in [5.74, 6) is -2.13. The molecule has 5 nitrogen and oxygen atoms in total. The van der Waals surface area contributed by atoms with Gasteiger partial charge >= 0.3 is 5.97 Å². The van der Waals surface area contributed by atoms with Crippen LogP contribution in [0.1, 0.15) is 40.0 Å². The number of aliphatic hydroxyl groups is 1. The molecule has 18 heavy (non-hydrogen) atoms. The smallest absolute Gasteiger partial charge is 0.307 e. The molecular formula is C13H23NO4. The molecule has 3 atom stereocenters. The number of rotatable bonds is 5. The van der Waals surface area contributed by atoms with E-state index in [4.69, 9.17) is 5.11 Å².